The average molecular weight is 522 g/mol. The van der Waals surface area contributed by atoms with E-state index in [1.54, 1.807) is 38.1 Å². The fourth-order valence-electron chi connectivity index (χ4n) is 3.98. The lowest BCUT2D eigenvalue weighted by Gasteiger charge is -2.21. The van der Waals surface area contributed by atoms with Gasteiger partial charge in [-0.25, -0.2) is 29.1 Å². The number of anilines is 2. The van der Waals surface area contributed by atoms with Crippen LogP contribution in [0, 0.1) is 5.82 Å². The minimum absolute atomic E-state index is 0.0577. The fourth-order valence-corrected chi connectivity index (χ4v) is 4.21. The molecular weight excluding hydrogens is 501 g/mol. The highest BCUT2D eigenvalue weighted by atomic mass is 35.5. The third-order valence-electron chi connectivity index (χ3n) is 5.61. The van der Waals surface area contributed by atoms with Crippen molar-refractivity contribution in [2.75, 3.05) is 17.2 Å². The van der Waals surface area contributed by atoms with Crippen LogP contribution in [-0.2, 0) is 0 Å². The van der Waals surface area contributed by atoms with Gasteiger partial charge in [-0.2, -0.15) is 0 Å². The Morgan fingerprint density at radius 1 is 1.22 bits per heavy atom. The van der Waals surface area contributed by atoms with Gasteiger partial charge in [0.05, 0.1) is 28.5 Å². The van der Waals surface area contributed by atoms with Crippen LogP contribution in [0.3, 0.4) is 0 Å². The molecule has 0 aliphatic rings. The molecule has 2 aromatic carbocycles. The molecule has 1 atom stereocenters. The molecule has 0 bridgehead atoms. The molecule has 0 radical (unpaired) electrons. The summed E-state index contributed by atoms with van der Waals surface area (Å²) >= 11 is 6.31. The van der Waals surface area contributed by atoms with Crippen LogP contribution in [0.15, 0.2) is 53.8 Å². The van der Waals surface area contributed by atoms with Crippen molar-refractivity contribution in [3.8, 4) is 5.69 Å². The second-order valence-electron chi connectivity index (χ2n) is 8.09. The number of hydrogen-bond donors (Lipinski definition) is 4. The lowest BCUT2D eigenvalue weighted by atomic mass is 10.2. The Morgan fingerprint density at radius 2 is 2.05 bits per heavy atom. The van der Waals surface area contributed by atoms with Crippen molar-refractivity contribution in [2.24, 2.45) is 0 Å². The highest BCUT2D eigenvalue weighted by Crippen LogP contribution is 2.27. The number of amides is 2. The van der Waals surface area contributed by atoms with Crippen molar-refractivity contribution in [1.29, 1.82) is 0 Å². The van der Waals surface area contributed by atoms with Gasteiger partial charge in [-0.05, 0) is 44.2 Å². The van der Waals surface area contributed by atoms with E-state index in [2.05, 4.69) is 40.9 Å². The quantitative estimate of drug-likeness (QED) is 0.263. The van der Waals surface area contributed by atoms with E-state index in [9.17, 15) is 14.0 Å². The van der Waals surface area contributed by atoms with Crippen LogP contribution in [-0.4, -0.2) is 42.1 Å². The van der Waals surface area contributed by atoms with Gasteiger partial charge >= 0.3 is 6.03 Å². The second kappa shape index (κ2) is 9.82. The summed E-state index contributed by atoms with van der Waals surface area (Å²) < 4.78 is 16.2. The van der Waals surface area contributed by atoms with E-state index >= 15 is 0 Å². The predicted molar refractivity (Wildman–Crippen MR) is 139 cm³/mol. The van der Waals surface area contributed by atoms with Crippen molar-refractivity contribution in [1.82, 2.24) is 34.8 Å². The van der Waals surface area contributed by atoms with Gasteiger partial charge in [-0.1, -0.05) is 17.7 Å². The molecule has 4 N–H and O–H groups in total. The molecule has 5 rings (SSSR count). The highest BCUT2D eigenvalue weighted by Gasteiger charge is 2.22. The van der Waals surface area contributed by atoms with Gasteiger partial charge in [0.2, 0.25) is 0 Å². The first-order valence-corrected chi connectivity index (χ1v) is 11.7. The summed E-state index contributed by atoms with van der Waals surface area (Å²) in [6.45, 7) is 4.01. The molecule has 0 aliphatic carbocycles. The smallest absolute Gasteiger partial charge is 0.319 e. The maximum absolute atomic E-state index is 14.8. The molecule has 0 spiro atoms. The Morgan fingerprint density at radius 3 is 2.86 bits per heavy atom. The van der Waals surface area contributed by atoms with Gasteiger partial charge in [0.25, 0.3) is 5.56 Å². The Bertz CT molecular complexity index is 1700. The monoisotopic (exact) mass is 521 g/mol. The normalized spacial score (nSPS) is 12.0. The van der Waals surface area contributed by atoms with E-state index in [0.29, 0.717) is 34.9 Å². The summed E-state index contributed by atoms with van der Waals surface area (Å²) in [4.78, 5) is 45.8. The average Bonchev–Trinajstić information content (AvgIpc) is 3.36. The number of carbonyl (C=O) groups is 1. The number of imidazole rings is 1. The molecule has 13 heteroatoms. The molecule has 0 saturated heterocycles. The number of urea groups is 1. The third kappa shape index (κ3) is 4.54. The minimum Gasteiger partial charge on any atom is -0.358 e. The summed E-state index contributed by atoms with van der Waals surface area (Å²) in [5.74, 6) is -0.0593. The first-order chi connectivity index (χ1) is 17.9. The van der Waals surface area contributed by atoms with Gasteiger partial charge < -0.3 is 20.9 Å². The van der Waals surface area contributed by atoms with Gasteiger partial charge in [0.1, 0.15) is 29.0 Å². The molecule has 0 aliphatic heterocycles. The molecule has 0 saturated carbocycles. The summed E-state index contributed by atoms with van der Waals surface area (Å²) in [5, 5.41) is 8.59. The zero-order valence-electron chi connectivity index (χ0n) is 19.7. The molecular formula is C24H21ClFN9O2. The molecule has 3 aromatic heterocycles. The standard InChI is InChI=1S/C24H21ClFN9O2/c1-3-27-24(37)33-13-5-4-6-14(9-13)35-22(34-18-16(26)8-7-15(25)17(18)23(35)36)12(2)32-21-19-20(29-10-28-19)30-11-31-21/h4-12H,3H2,1-2H3,(H2,27,33,37)(H2,28,29,30,31,32). The van der Waals surface area contributed by atoms with E-state index in [0.717, 1.165) is 0 Å². The number of carbonyl (C=O) groups excluding carboxylic acids is 1. The number of aromatic amines is 1. The number of fused-ring (bicyclic) bond motifs is 2. The van der Waals surface area contributed by atoms with E-state index in [-0.39, 0.29) is 21.7 Å². The Balaban J connectivity index is 1.68. The van der Waals surface area contributed by atoms with Gasteiger partial charge in [-0.3, -0.25) is 9.36 Å². The van der Waals surface area contributed by atoms with Crippen LogP contribution >= 0.6 is 11.6 Å². The Labute approximate surface area is 214 Å². The SMILES string of the molecule is CCNC(=O)Nc1cccc(-n2c(C(C)Nc3ncnc4nc[nH]c34)nc3c(F)ccc(Cl)c3c2=O)c1. The van der Waals surface area contributed by atoms with Crippen LogP contribution in [0.5, 0.6) is 0 Å². The topological polar surface area (TPSA) is 143 Å². The van der Waals surface area contributed by atoms with Crippen molar-refractivity contribution >= 4 is 51.2 Å². The first kappa shape index (κ1) is 24.1. The van der Waals surface area contributed by atoms with Crippen LogP contribution in [0.1, 0.15) is 25.7 Å². The number of rotatable bonds is 6. The lowest BCUT2D eigenvalue weighted by molar-refractivity contribution is 0.252. The first-order valence-electron chi connectivity index (χ1n) is 11.3. The number of aromatic nitrogens is 6. The lowest BCUT2D eigenvalue weighted by Crippen LogP contribution is -2.29. The van der Waals surface area contributed by atoms with Crippen molar-refractivity contribution < 1.29 is 9.18 Å². The third-order valence-corrected chi connectivity index (χ3v) is 5.93. The fraction of sp³-hybridized carbons (Fsp3) is 0.167. The number of nitrogens with zero attached hydrogens (tertiary/aromatic N) is 5. The summed E-state index contributed by atoms with van der Waals surface area (Å²) in [6.07, 6.45) is 2.85. The van der Waals surface area contributed by atoms with E-state index in [1.807, 2.05) is 0 Å². The Kier molecular flexibility index (Phi) is 6.40. The zero-order chi connectivity index (χ0) is 26.1. The number of H-pyrrole nitrogens is 1. The highest BCUT2D eigenvalue weighted by molar-refractivity contribution is 6.35. The largest absolute Gasteiger partial charge is 0.358 e. The number of halogens is 2. The molecule has 2 amide bonds. The zero-order valence-corrected chi connectivity index (χ0v) is 20.5. The molecule has 0 fully saturated rings. The van der Waals surface area contributed by atoms with E-state index in [4.69, 9.17) is 11.6 Å². The van der Waals surface area contributed by atoms with Crippen molar-refractivity contribution in [3.63, 3.8) is 0 Å². The maximum Gasteiger partial charge on any atom is 0.319 e. The van der Waals surface area contributed by atoms with Gasteiger partial charge in [-0.15, -0.1) is 0 Å². The number of hydrogen-bond acceptors (Lipinski definition) is 7. The number of benzene rings is 2. The molecule has 5 aromatic rings. The summed E-state index contributed by atoms with van der Waals surface area (Å²) in [7, 11) is 0. The van der Waals surface area contributed by atoms with Crippen molar-refractivity contribution in [3.05, 3.63) is 76.1 Å². The van der Waals surface area contributed by atoms with Crippen LogP contribution in [0.25, 0.3) is 27.8 Å². The van der Waals surface area contributed by atoms with Crippen LogP contribution in [0.4, 0.5) is 20.7 Å². The maximum atomic E-state index is 14.8. The molecule has 3 heterocycles. The molecule has 188 valence electrons. The van der Waals surface area contributed by atoms with Crippen LogP contribution in [0.2, 0.25) is 5.02 Å². The van der Waals surface area contributed by atoms with E-state index < -0.39 is 23.4 Å². The molecule has 37 heavy (non-hydrogen) atoms. The van der Waals surface area contributed by atoms with Gasteiger partial charge in [0.15, 0.2) is 11.5 Å². The molecule has 11 nitrogen and oxygen atoms in total. The Hall–Kier alpha value is -4.58. The van der Waals surface area contributed by atoms with Crippen molar-refractivity contribution in [2.45, 2.75) is 19.9 Å². The minimum atomic E-state index is -0.679. The second-order valence-corrected chi connectivity index (χ2v) is 8.49. The van der Waals surface area contributed by atoms with Crippen LogP contribution < -0.4 is 21.5 Å². The summed E-state index contributed by atoms with van der Waals surface area (Å²) in [6, 6.07) is 8.11. The predicted octanol–water partition coefficient (Wildman–Crippen LogP) is 4.16. The van der Waals surface area contributed by atoms with E-state index in [1.165, 1.54) is 29.4 Å². The number of nitrogens with one attached hydrogen (secondary N) is 4. The molecule has 1 unspecified atom stereocenters. The van der Waals surface area contributed by atoms with Gasteiger partial charge in [0, 0.05) is 12.2 Å². The summed E-state index contributed by atoms with van der Waals surface area (Å²) in [5.41, 5.74) is 1.14.